The van der Waals surface area contributed by atoms with Crippen LogP contribution in [-0.4, -0.2) is 48.1 Å². The first-order valence-corrected chi connectivity index (χ1v) is 7.84. The molecule has 0 N–H and O–H groups in total. The Morgan fingerprint density at radius 2 is 2.17 bits per heavy atom. The van der Waals surface area contributed by atoms with E-state index in [1.807, 2.05) is 30.0 Å². The summed E-state index contributed by atoms with van der Waals surface area (Å²) in [7, 11) is 0. The predicted octanol–water partition coefficient (Wildman–Crippen LogP) is 3.02. The lowest BCUT2D eigenvalue weighted by Gasteiger charge is -2.35. The van der Waals surface area contributed by atoms with Gasteiger partial charge in [0.1, 0.15) is 12.4 Å². The molecule has 2 rings (SSSR count). The summed E-state index contributed by atoms with van der Waals surface area (Å²) < 4.78 is 37.8. The SMILES string of the molecule is CCN(CC(F)(F)F)C(=O)C1CCCN(c2cccc(C)n2)C1. The van der Waals surface area contributed by atoms with Gasteiger partial charge in [-0.15, -0.1) is 0 Å². The third-order valence-electron chi connectivity index (χ3n) is 4.03. The molecular formula is C16H22F3N3O. The number of carbonyl (C=O) groups excluding carboxylic acids is 1. The molecule has 1 saturated heterocycles. The van der Waals surface area contributed by atoms with Crippen LogP contribution in [0.5, 0.6) is 0 Å². The van der Waals surface area contributed by atoms with Crippen molar-refractivity contribution in [1.29, 1.82) is 0 Å². The summed E-state index contributed by atoms with van der Waals surface area (Å²) in [5, 5.41) is 0. The van der Waals surface area contributed by atoms with Crippen molar-refractivity contribution in [3.8, 4) is 0 Å². The van der Waals surface area contributed by atoms with Gasteiger partial charge in [0.15, 0.2) is 0 Å². The maximum absolute atomic E-state index is 12.6. The molecule has 1 aliphatic rings. The first-order valence-electron chi connectivity index (χ1n) is 7.84. The Balaban J connectivity index is 2.06. The van der Waals surface area contributed by atoms with Gasteiger partial charge < -0.3 is 9.80 Å². The van der Waals surface area contributed by atoms with Crippen molar-refractivity contribution < 1.29 is 18.0 Å². The zero-order valence-electron chi connectivity index (χ0n) is 13.4. The molecule has 1 aromatic rings. The minimum Gasteiger partial charge on any atom is -0.356 e. The number of rotatable bonds is 4. The topological polar surface area (TPSA) is 36.4 Å². The van der Waals surface area contributed by atoms with Crippen molar-refractivity contribution in [2.75, 3.05) is 31.1 Å². The summed E-state index contributed by atoms with van der Waals surface area (Å²) in [6.45, 7) is 3.54. The molecule has 0 radical (unpaired) electrons. The molecule has 1 aliphatic heterocycles. The monoisotopic (exact) mass is 329 g/mol. The molecule has 0 aromatic carbocycles. The van der Waals surface area contributed by atoms with Crippen LogP contribution in [0.4, 0.5) is 19.0 Å². The maximum atomic E-state index is 12.6. The number of alkyl halides is 3. The number of anilines is 1. The van der Waals surface area contributed by atoms with E-state index in [0.29, 0.717) is 13.0 Å². The smallest absolute Gasteiger partial charge is 0.356 e. The fourth-order valence-corrected chi connectivity index (χ4v) is 2.91. The van der Waals surface area contributed by atoms with Crippen molar-refractivity contribution in [2.24, 2.45) is 5.92 Å². The van der Waals surface area contributed by atoms with Crippen LogP contribution in [0.15, 0.2) is 18.2 Å². The van der Waals surface area contributed by atoms with Crippen molar-refractivity contribution in [2.45, 2.75) is 32.9 Å². The van der Waals surface area contributed by atoms with Crippen molar-refractivity contribution in [3.05, 3.63) is 23.9 Å². The summed E-state index contributed by atoms with van der Waals surface area (Å²) in [6.07, 6.45) is -2.97. The molecule has 0 bridgehead atoms. The number of nitrogens with zero attached hydrogens (tertiary/aromatic N) is 3. The quantitative estimate of drug-likeness (QED) is 0.852. The van der Waals surface area contributed by atoms with Gasteiger partial charge in [0.2, 0.25) is 5.91 Å². The van der Waals surface area contributed by atoms with E-state index in [1.165, 1.54) is 0 Å². The molecule has 2 heterocycles. The molecule has 0 saturated carbocycles. The lowest BCUT2D eigenvalue weighted by atomic mass is 9.96. The van der Waals surface area contributed by atoms with Crippen molar-refractivity contribution in [1.82, 2.24) is 9.88 Å². The highest BCUT2D eigenvalue weighted by atomic mass is 19.4. The van der Waals surface area contributed by atoms with Gasteiger partial charge in [-0.05, 0) is 38.8 Å². The average molecular weight is 329 g/mol. The fraction of sp³-hybridized carbons (Fsp3) is 0.625. The van der Waals surface area contributed by atoms with Crippen molar-refractivity contribution in [3.63, 3.8) is 0 Å². The highest BCUT2D eigenvalue weighted by molar-refractivity contribution is 5.79. The van der Waals surface area contributed by atoms with E-state index < -0.39 is 24.5 Å². The Kier molecular flexibility index (Phi) is 5.49. The number of piperidine rings is 1. The van der Waals surface area contributed by atoms with Crippen LogP contribution in [0.1, 0.15) is 25.5 Å². The van der Waals surface area contributed by atoms with Gasteiger partial charge in [-0.2, -0.15) is 13.2 Å². The lowest BCUT2D eigenvalue weighted by Crippen LogP contribution is -2.47. The zero-order valence-corrected chi connectivity index (χ0v) is 13.4. The molecule has 4 nitrogen and oxygen atoms in total. The summed E-state index contributed by atoms with van der Waals surface area (Å²) in [5.41, 5.74) is 0.878. The van der Waals surface area contributed by atoms with E-state index in [4.69, 9.17) is 0 Å². The zero-order chi connectivity index (χ0) is 17.0. The molecule has 1 atom stereocenters. The summed E-state index contributed by atoms with van der Waals surface area (Å²) in [5.74, 6) is -0.0445. The summed E-state index contributed by atoms with van der Waals surface area (Å²) in [4.78, 5) is 19.8. The van der Waals surface area contributed by atoms with Crippen LogP contribution in [0.3, 0.4) is 0 Å². The first-order chi connectivity index (χ1) is 10.8. The molecule has 23 heavy (non-hydrogen) atoms. The second-order valence-corrected chi connectivity index (χ2v) is 5.89. The second kappa shape index (κ2) is 7.19. The van der Waals surface area contributed by atoms with Gasteiger partial charge in [-0.1, -0.05) is 6.07 Å². The van der Waals surface area contributed by atoms with E-state index in [-0.39, 0.29) is 6.54 Å². The van der Waals surface area contributed by atoms with E-state index in [1.54, 1.807) is 6.92 Å². The number of amides is 1. The molecule has 1 unspecified atom stereocenters. The van der Waals surface area contributed by atoms with Gasteiger partial charge in [-0.25, -0.2) is 4.98 Å². The Bertz CT molecular complexity index is 548. The first kappa shape index (κ1) is 17.6. The molecule has 0 spiro atoms. The summed E-state index contributed by atoms with van der Waals surface area (Å²) in [6, 6.07) is 5.65. The number of aryl methyl sites for hydroxylation is 1. The molecule has 7 heteroatoms. The minimum absolute atomic E-state index is 0.0670. The van der Waals surface area contributed by atoms with Crippen LogP contribution < -0.4 is 4.90 Å². The molecular weight excluding hydrogens is 307 g/mol. The second-order valence-electron chi connectivity index (χ2n) is 5.89. The Morgan fingerprint density at radius 1 is 1.43 bits per heavy atom. The highest BCUT2D eigenvalue weighted by Gasteiger charge is 2.36. The van der Waals surface area contributed by atoms with Gasteiger partial charge in [0.25, 0.3) is 0 Å². The van der Waals surface area contributed by atoms with E-state index >= 15 is 0 Å². The number of pyridine rings is 1. The number of halogens is 3. The maximum Gasteiger partial charge on any atom is 0.406 e. The van der Waals surface area contributed by atoms with E-state index in [0.717, 1.165) is 29.4 Å². The lowest BCUT2D eigenvalue weighted by molar-refractivity contribution is -0.163. The van der Waals surface area contributed by atoms with Gasteiger partial charge >= 0.3 is 6.18 Å². The van der Waals surface area contributed by atoms with Crippen molar-refractivity contribution >= 4 is 11.7 Å². The van der Waals surface area contributed by atoms with Crippen LogP contribution in [0, 0.1) is 12.8 Å². The Labute approximate surface area is 134 Å². The van der Waals surface area contributed by atoms with Gasteiger partial charge in [-0.3, -0.25) is 4.79 Å². The Hall–Kier alpha value is -1.79. The van der Waals surface area contributed by atoms with E-state index in [9.17, 15) is 18.0 Å². The van der Waals surface area contributed by atoms with Gasteiger partial charge in [0, 0.05) is 25.3 Å². The van der Waals surface area contributed by atoms with E-state index in [2.05, 4.69) is 4.98 Å². The molecule has 128 valence electrons. The highest BCUT2D eigenvalue weighted by Crippen LogP contribution is 2.25. The third kappa shape index (κ3) is 4.84. The molecule has 0 aliphatic carbocycles. The molecule has 1 fully saturated rings. The molecule has 1 amide bonds. The normalized spacial score (nSPS) is 18.8. The number of carbonyl (C=O) groups is 1. The largest absolute Gasteiger partial charge is 0.406 e. The fourth-order valence-electron chi connectivity index (χ4n) is 2.91. The minimum atomic E-state index is -4.36. The number of aromatic nitrogens is 1. The number of hydrogen-bond acceptors (Lipinski definition) is 3. The standard InChI is InChI=1S/C16H22F3N3O/c1-3-21(11-16(17,18)19)15(23)13-7-5-9-22(10-13)14-8-4-6-12(2)20-14/h4,6,8,13H,3,5,7,9-11H2,1-2H3. The summed E-state index contributed by atoms with van der Waals surface area (Å²) >= 11 is 0. The Morgan fingerprint density at radius 3 is 2.78 bits per heavy atom. The van der Waals surface area contributed by atoms with Crippen LogP contribution in [-0.2, 0) is 4.79 Å². The van der Waals surface area contributed by atoms with Gasteiger partial charge in [0.05, 0.1) is 5.92 Å². The van der Waals surface area contributed by atoms with Crippen LogP contribution in [0.25, 0.3) is 0 Å². The molecule has 1 aromatic heterocycles. The van der Waals surface area contributed by atoms with Crippen LogP contribution in [0.2, 0.25) is 0 Å². The third-order valence-corrected chi connectivity index (χ3v) is 4.03. The van der Waals surface area contributed by atoms with Crippen LogP contribution >= 0.6 is 0 Å². The number of hydrogen-bond donors (Lipinski definition) is 0. The predicted molar refractivity (Wildman–Crippen MR) is 82.2 cm³/mol. The average Bonchev–Trinajstić information content (AvgIpc) is 2.51.